The van der Waals surface area contributed by atoms with Gasteiger partial charge in [-0.2, -0.15) is 13.2 Å². The summed E-state index contributed by atoms with van der Waals surface area (Å²) in [7, 11) is 0. The van der Waals surface area contributed by atoms with Crippen molar-refractivity contribution in [3.63, 3.8) is 0 Å². The highest BCUT2D eigenvalue weighted by molar-refractivity contribution is 5.99. The third kappa shape index (κ3) is 3.73. The summed E-state index contributed by atoms with van der Waals surface area (Å²) < 4.78 is 39.7. The minimum Gasteiger partial charge on any atom is -0.367 e. The van der Waals surface area contributed by atoms with Gasteiger partial charge in [0.15, 0.2) is 0 Å². The Morgan fingerprint density at radius 1 is 1.00 bits per heavy atom. The van der Waals surface area contributed by atoms with Gasteiger partial charge >= 0.3 is 6.18 Å². The molecule has 1 fully saturated rings. The fourth-order valence-corrected chi connectivity index (χ4v) is 3.38. The minimum atomic E-state index is -4.49. The molecule has 3 aromatic rings. The molecule has 0 unspecified atom stereocenters. The molecule has 4 nitrogen and oxygen atoms in total. The Balaban J connectivity index is 1.84. The molecule has 2 N–H and O–H groups in total. The number of piperidine rings is 1. The van der Waals surface area contributed by atoms with Crippen molar-refractivity contribution < 1.29 is 13.2 Å². The molecule has 3 heterocycles. The highest BCUT2D eigenvalue weighted by atomic mass is 19.4. The Bertz CT molecular complexity index is 935. The van der Waals surface area contributed by atoms with Gasteiger partial charge < -0.3 is 10.6 Å². The van der Waals surface area contributed by atoms with E-state index in [0.717, 1.165) is 37.6 Å². The Kier molecular flexibility index (Phi) is 4.70. The molecule has 1 aliphatic heterocycles. The summed E-state index contributed by atoms with van der Waals surface area (Å²) in [5.74, 6) is 0.581. The van der Waals surface area contributed by atoms with E-state index in [1.165, 1.54) is 6.07 Å². The van der Waals surface area contributed by atoms with Crippen molar-refractivity contribution >= 4 is 16.7 Å². The smallest absolute Gasteiger partial charge is 0.367 e. The quantitative estimate of drug-likeness (QED) is 0.712. The SMILES string of the molecule is FC(F)(F)c1ccc2c(NC3CCNCC3)ncc(-c3ccccc3)c2n1. The van der Waals surface area contributed by atoms with E-state index >= 15 is 0 Å². The van der Waals surface area contributed by atoms with E-state index in [-0.39, 0.29) is 6.04 Å². The molecule has 2 aromatic heterocycles. The molecule has 0 radical (unpaired) electrons. The molecule has 0 spiro atoms. The second-order valence-corrected chi connectivity index (χ2v) is 6.65. The lowest BCUT2D eigenvalue weighted by Gasteiger charge is -2.25. The maximum Gasteiger partial charge on any atom is 0.433 e. The standard InChI is InChI=1S/C20H19F3N4/c21-20(22,23)17-7-6-15-18(27-17)16(13-4-2-1-3-5-13)12-25-19(15)26-14-8-10-24-11-9-14/h1-7,12,14,24H,8-11H2,(H,25,26). The second kappa shape index (κ2) is 7.15. The molecule has 0 atom stereocenters. The van der Waals surface area contributed by atoms with Gasteiger partial charge in [-0.25, -0.2) is 9.97 Å². The number of nitrogens with one attached hydrogen (secondary N) is 2. The van der Waals surface area contributed by atoms with Gasteiger partial charge in [0, 0.05) is 23.2 Å². The maximum atomic E-state index is 13.2. The first-order valence-corrected chi connectivity index (χ1v) is 8.92. The van der Waals surface area contributed by atoms with Crippen molar-refractivity contribution in [3.8, 4) is 11.1 Å². The van der Waals surface area contributed by atoms with Crippen LogP contribution in [0.2, 0.25) is 0 Å². The largest absolute Gasteiger partial charge is 0.433 e. The van der Waals surface area contributed by atoms with Crippen LogP contribution in [-0.2, 0) is 6.18 Å². The number of halogens is 3. The van der Waals surface area contributed by atoms with E-state index in [2.05, 4.69) is 20.6 Å². The number of benzene rings is 1. The summed E-state index contributed by atoms with van der Waals surface area (Å²) in [4.78, 5) is 8.48. The number of fused-ring (bicyclic) bond motifs is 1. The van der Waals surface area contributed by atoms with E-state index < -0.39 is 11.9 Å². The van der Waals surface area contributed by atoms with Crippen LogP contribution in [-0.4, -0.2) is 29.1 Å². The minimum absolute atomic E-state index is 0.242. The predicted octanol–water partition coefficient (Wildman–Crippen LogP) is 4.48. The Labute approximate surface area is 154 Å². The molecule has 4 rings (SSSR count). The molecule has 140 valence electrons. The van der Waals surface area contributed by atoms with Crippen LogP contribution < -0.4 is 10.6 Å². The first kappa shape index (κ1) is 17.7. The number of pyridine rings is 2. The van der Waals surface area contributed by atoms with Gasteiger partial charge in [0.25, 0.3) is 0 Å². The molecule has 27 heavy (non-hydrogen) atoms. The topological polar surface area (TPSA) is 49.8 Å². The van der Waals surface area contributed by atoms with E-state index in [9.17, 15) is 13.2 Å². The number of anilines is 1. The molecular weight excluding hydrogens is 353 g/mol. The zero-order valence-electron chi connectivity index (χ0n) is 14.6. The molecule has 0 aliphatic carbocycles. The summed E-state index contributed by atoms with van der Waals surface area (Å²) in [5.41, 5.74) is 0.788. The molecule has 1 aliphatic rings. The van der Waals surface area contributed by atoms with Crippen molar-refractivity contribution in [1.29, 1.82) is 0 Å². The van der Waals surface area contributed by atoms with Gasteiger partial charge in [0.2, 0.25) is 0 Å². The molecule has 0 saturated carbocycles. The predicted molar refractivity (Wildman–Crippen MR) is 99.5 cm³/mol. The highest BCUT2D eigenvalue weighted by Crippen LogP contribution is 2.35. The van der Waals surface area contributed by atoms with Gasteiger partial charge in [-0.15, -0.1) is 0 Å². The second-order valence-electron chi connectivity index (χ2n) is 6.65. The number of hydrogen-bond acceptors (Lipinski definition) is 4. The van der Waals surface area contributed by atoms with Crippen LogP contribution in [0.15, 0.2) is 48.7 Å². The maximum absolute atomic E-state index is 13.2. The first-order chi connectivity index (χ1) is 13.0. The Morgan fingerprint density at radius 2 is 1.74 bits per heavy atom. The van der Waals surface area contributed by atoms with Crippen molar-refractivity contribution in [3.05, 3.63) is 54.4 Å². The van der Waals surface area contributed by atoms with Crippen LogP contribution in [0.4, 0.5) is 19.0 Å². The molecule has 1 aromatic carbocycles. The summed E-state index contributed by atoms with van der Waals surface area (Å²) in [6.45, 7) is 1.82. The van der Waals surface area contributed by atoms with Crippen molar-refractivity contribution in [2.24, 2.45) is 0 Å². The van der Waals surface area contributed by atoms with E-state index in [1.54, 1.807) is 6.20 Å². The summed E-state index contributed by atoms with van der Waals surface area (Å²) in [5, 5.41) is 7.28. The first-order valence-electron chi connectivity index (χ1n) is 8.92. The fourth-order valence-electron chi connectivity index (χ4n) is 3.38. The normalized spacial score (nSPS) is 15.8. The number of nitrogens with zero attached hydrogens (tertiary/aromatic N) is 2. The van der Waals surface area contributed by atoms with Crippen LogP contribution in [0.1, 0.15) is 18.5 Å². The Morgan fingerprint density at radius 3 is 2.44 bits per heavy atom. The average Bonchev–Trinajstić information content (AvgIpc) is 2.68. The van der Waals surface area contributed by atoms with Gasteiger partial charge in [0.05, 0.1) is 5.52 Å². The third-order valence-electron chi connectivity index (χ3n) is 4.78. The van der Waals surface area contributed by atoms with E-state index in [0.29, 0.717) is 22.3 Å². The molecule has 0 bridgehead atoms. The van der Waals surface area contributed by atoms with Crippen LogP contribution in [0.5, 0.6) is 0 Å². The molecule has 0 amide bonds. The van der Waals surface area contributed by atoms with Gasteiger partial charge in [-0.1, -0.05) is 30.3 Å². The summed E-state index contributed by atoms with van der Waals surface area (Å²) in [6.07, 6.45) is -1.00. The number of aromatic nitrogens is 2. The van der Waals surface area contributed by atoms with Crippen molar-refractivity contribution in [1.82, 2.24) is 15.3 Å². The lowest BCUT2D eigenvalue weighted by atomic mass is 10.0. The van der Waals surface area contributed by atoms with Gasteiger partial charge in [-0.3, -0.25) is 0 Å². The summed E-state index contributed by atoms with van der Waals surface area (Å²) >= 11 is 0. The lowest BCUT2D eigenvalue weighted by molar-refractivity contribution is -0.140. The number of alkyl halides is 3. The van der Waals surface area contributed by atoms with Crippen LogP contribution in [0, 0.1) is 0 Å². The lowest BCUT2D eigenvalue weighted by Crippen LogP contribution is -2.35. The number of hydrogen-bond donors (Lipinski definition) is 2. The number of rotatable bonds is 3. The van der Waals surface area contributed by atoms with Crippen molar-refractivity contribution in [2.45, 2.75) is 25.1 Å². The summed E-state index contributed by atoms with van der Waals surface area (Å²) in [6, 6.07) is 12.0. The zero-order chi connectivity index (χ0) is 18.9. The average molecular weight is 372 g/mol. The van der Waals surface area contributed by atoms with Gasteiger partial charge in [0.1, 0.15) is 11.5 Å². The molecule has 1 saturated heterocycles. The van der Waals surface area contributed by atoms with Crippen LogP contribution >= 0.6 is 0 Å². The highest BCUT2D eigenvalue weighted by Gasteiger charge is 2.33. The monoisotopic (exact) mass is 372 g/mol. The molecular formula is C20H19F3N4. The molecule has 7 heteroatoms. The van der Waals surface area contributed by atoms with Gasteiger partial charge in [-0.05, 0) is 43.6 Å². The van der Waals surface area contributed by atoms with Crippen LogP contribution in [0.25, 0.3) is 22.0 Å². The fraction of sp³-hybridized carbons (Fsp3) is 0.300. The zero-order valence-corrected chi connectivity index (χ0v) is 14.6. The van der Waals surface area contributed by atoms with Crippen LogP contribution in [0.3, 0.4) is 0 Å². The van der Waals surface area contributed by atoms with E-state index in [4.69, 9.17) is 0 Å². The van der Waals surface area contributed by atoms with Crippen molar-refractivity contribution in [2.75, 3.05) is 18.4 Å². The van der Waals surface area contributed by atoms with E-state index in [1.807, 2.05) is 30.3 Å². The third-order valence-corrected chi connectivity index (χ3v) is 4.78. The Hall–Kier alpha value is -2.67.